The molecule has 1 atom stereocenters. The first kappa shape index (κ1) is 13.7. The monoisotopic (exact) mass is 292 g/mol. The Balaban J connectivity index is 2.27. The van der Waals surface area contributed by atoms with Gasteiger partial charge in [0.1, 0.15) is 10.3 Å². The molecule has 1 heterocycles. The summed E-state index contributed by atoms with van der Waals surface area (Å²) >= 11 is 1.18. The molecule has 0 amide bonds. The van der Waals surface area contributed by atoms with Crippen molar-refractivity contribution in [3.05, 3.63) is 52.9 Å². The molecule has 1 aromatic heterocycles. The summed E-state index contributed by atoms with van der Waals surface area (Å²) in [5.74, 6) is 0. The number of hydrogen-bond acceptors (Lipinski definition) is 4. The number of nitrogens with one attached hydrogen (secondary N) is 1. The van der Waals surface area contributed by atoms with Crippen molar-refractivity contribution in [2.75, 3.05) is 0 Å². The fourth-order valence-electron chi connectivity index (χ4n) is 1.58. The molecular weight excluding hydrogens is 280 g/mol. The van der Waals surface area contributed by atoms with Gasteiger partial charge in [-0.05, 0) is 24.6 Å². The van der Waals surface area contributed by atoms with E-state index in [2.05, 4.69) is 4.72 Å². The minimum absolute atomic E-state index is 0.223. The van der Waals surface area contributed by atoms with Crippen LogP contribution < -0.4 is 4.72 Å². The zero-order valence-electron chi connectivity index (χ0n) is 10.2. The van der Waals surface area contributed by atoms with Crippen LogP contribution in [0, 0.1) is 18.3 Å². The van der Waals surface area contributed by atoms with E-state index in [4.69, 9.17) is 5.26 Å². The summed E-state index contributed by atoms with van der Waals surface area (Å²) in [6, 6.07) is 13.2. The van der Waals surface area contributed by atoms with E-state index in [0.29, 0.717) is 5.56 Å². The summed E-state index contributed by atoms with van der Waals surface area (Å²) in [6.45, 7) is 1.84. The van der Waals surface area contributed by atoms with Crippen LogP contribution in [0.25, 0.3) is 0 Å². The van der Waals surface area contributed by atoms with Crippen molar-refractivity contribution < 1.29 is 8.42 Å². The largest absolute Gasteiger partial charge is 0.251 e. The van der Waals surface area contributed by atoms with Gasteiger partial charge in [0.05, 0.1) is 6.07 Å². The summed E-state index contributed by atoms with van der Waals surface area (Å²) < 4.78 is 26.9. The van der Waals surface area contributed by atoms with E-state index < -0.39 is 16.1 Å². The third-order valence-electron chi connectivity index (χ3n) is 2.52. The molecule has 6 heteroatoms. The molecule has 4 nitrogen and oxygen atoms in total. The molecule has 0 bridgehead atoms. The maximum Gasteiger partial charge on any atom is 0.251 e. The third-order valence-corrected chi connectivity index (χ3v) is 5.43. The second-order valence-electron chi connectivity index (χ2n) is 3.96. The lowest BCUT2D eigenvalue weighted by Crippen LogP contribution is -2.27. The van der Waals surface area contributed by atoms with E-state index >= 15 is 0 Å². The highest BCUT2D eigenvalue weighted by atomic mass is 32.2. The zero-order valence-corrected chi connectivity index (χ0v) is 11.8. The van der Waals surface area contributed by atoms with Crippen molar-refractivity contribution in [1.82, 2.24) is 4.72 Å². The maximum atomic E-state index is 12.1. The first-order chi connectivity index (χ1) is 9.03. The van der Waals surface area contributed by atoms with Gasteiger partial charge in [-0.25, -0.2) is 8.42 Å². The fraction of sp³-hybridized carbons (Fsp3) is 0.154. The number of aryl methyl sites for hydroxylation is 1. The summed E-state index contributed by atoms with van der Waals surface area (Å²) in [5, 5.41) is 9.12. The van der Waals surface area contributed by atoms with Crippen LogP contribution in [-0.2, 0) is 10.0 Å². The molecule has 2 aromatic rings. The Morgan fingerprint density at radius 2 is 1.89 bits per heavy atom. The van der Waals surface area contributed by atoms with Gasteiger partial charge in [-0.15, -0.1) is 11.3 Å². The Hall–Kier alpha value is -1.68. The Bertz CT molecular complexity index is 700. The lowest BCUT2D eigenvalue weighted by molar-refractivity contribution is 0.577. The van der Waals surface area contributed by atoms with Crippen LogP contribution in [0.15, 0.2) is 46.7 Å². The average molecular weight is 292 g/mol. The number of nitrogens with zero attached hydrogens (tertiary/aromatic N) is 1. The van der Waals surface area contributed by atoms with Crippen LogP contribution in [-0.4, -0.2) is 8.42 Å². The Kier molecular flexibility index (Phi) is 4.00. The predicted molar refractivity (Wildman–Crippen MR) is 74.2 cm³/mol. The van der Waals surface area contributed by atoms with E-state index in [0.717, 1.165) is 4.88 Å². The fourth-order valence-corrected chi connectivity index (χ4v) is 4.01. The lowest BCUT2D eigenvalue weighted by Gasteiger charge is -2.11. The summed E-state index contributed by atoms with van der Waals surface area (Å²) in [5.41, 5.74) is 0.627. The Morgan fingerprint density at radius 1 is 1.21 bits per heavy atom. The van der Waals surface area contributed by atoms with Crippen LogP contribution in [0.5, 0.6) is 0 Å². The highest BCUT2D eigenvalue weighted by molar-refractivity contribution is 7.91. The average Bonchev–Trinajstić information content (AvgIpc) is 2.85. The first-order valence-electron chi connectivity index (χ1n) is 5.56. The van der Waals surface area contributed by atoms with Gasteiger partial charge in [-0.1, -0.05) is 30.3 Å². The number of nitriles is 1. The number of sulfonamides is 1. The zero-order chi connectivity index (χ0) is 13.9. The quantitative estimate of drug-likeness (QED) is 0.941. The van der Waals surface area contributed by atoms with Crippen LogP contribution >= 0.6 is 11.3 Å². The maximum absolute atomic E-state index is 12.1. The van der Waals surface area contributed by atoms with Crippen LogP contribution in [0.1, 0.15) is 16.5 Å². The smallest absolute Gasteiger partial charge is 0.206 e. The third kappa shape index (κ3) is 3.20. The predicted octanol–water partition coefficient (Wildman–Crippen LogP) is 2.60. The van der Waals surface area contributed by atoms with Gasteiger partial charge in [-0.2, -0.15) is 9.98 Å². The first-order valence-corrected chi connectivity index (χ1v) is 7.86. The van der Waals surface area contributed by atoms with Gasteiger partial charge in [0, 0.05) is 4.88 Å². The number of rotatable bonds is 4. The molecule has 1 N–H and O–H groups in total. The Morgan fingerprint density at radius 3 is 2.42 bits per heavy atom. The number of benzene rings is 1. The van der Waals surface area contributed by atoms with Crippen LogP contribution in [0.3, 0.4) is 0 Å². The number of hydrogen-bond donors (Lipinski definition) is 1. The number of thiophene rings is 1. The minimum atomic E-state index is -3.65. The molecule has 1 aromatic carbocycles. The molecule has 2 rings (SSSR count). The van der Waals surface area contributed by atoms with Crippen molar-refractivity contribution in [2.24, 2.45) is 0 Å². The standard InChI is InChI=1S/C13H12N2O2S2/c1-10-7-8-13(18-10)19(16,17)15-12(9-14)11-5-3-2-4-6-11/h2-8,12,15H,1H3. The highest BCUT2D eigenvalue weighted by Gasteiger charge is 2.22. The molecule has 1 unspecified atom stereocenters. The van der Waals surface area contributed by atoms with Crippen molar-refractivity contribution in [1.29, 1.82) is 5.26 Å². The molecule has 0 aliphatic heterocycles. The molecule has 0 aliphatic carbocycles. The lowest BCUT2D eigenvalue weighted by atomic mass is 10.1. The van der Waals surface area contributed by atoms with Gasteiger partial charge in [-0.3, -0.25) is 0 Å². The van der Waals surface area contributed by atoms with Gasteiger partial charge in [0.25, 0.3) is 10.0 Å². The molecule has 98 valence electrons. The SMILES string of the molecule is Cc1ccc(S(=O)(=O)NC(C#N)c2ccccc2)s1. The molecular formula is C13H12N2O2S2. The Labute approximate surface area is 116 Å². The molecule has 0 fully saturated rings. The summed E-state index contributed by atoms with van der Waals surface area (Å²) in [4.78, 5) is 0.911. The molecule has 0 saturated carbocycles. The topological polar surface area (TPSA) is 70.0 Å². The molecule has 0 aliphatic rings. The van der Waals surface area contributed by atoms with Crippen molar-refractivity contribution in [2.45, 2.75) is 17.2 Å². The van der Waals surface area contributed by atoms with Crippen molar-refractivity contribution in [3.8, 4) is 6.07 Å². The van der Waals surface area contributed by atoms with E-state index in [1.165, 1.54) is 11.3 Å². The summed E-state index contributed by atoms with van der Waals surface area (Å²) in [6.07, 6.45) is 0. The normalized spacial score (nSPS) is 12.8. The van der Waals surface area contributed by atoms with Gasteiger partial charge >= 0.3 is 0 Å². The molecule has 0 radical (unpaired) electrons. The van der Waals surface area contributed by atoms with E-state index in [-0.39, 0.29) is 4.21 Å². The molecule has 0 spiro atoms. The van der Waals surface area contributed by atoms with Crippen LogP contribution in [0.4, 0.5) is 0 Å². The van der Waals surface area contributed by atoms with E-state index in [1.807, 2.05) is 19.1 Å². The molecule has 0 saturated heterocycles. The van der Waals surface area contributed by atoms with Gasteiger partial charge in [0.15, 0.2) is 0 Å². The molecule has 19 heavy (non-hydrogen) atoms. The second-order valence-corrected chi connectivity index (χ2v) is 7.19. The highest BCUT2D eigenvalue weighted by Crippen LogP contribution is 2.22. The summed E-state index contributed by atoms with van der Waals surface area (Å²) in [7, 11) is -3.65. The van der Waals surface area contributed by atoms with E-state index in [1.54, 1.807) is 36.4 Å². The minimum Gasteiger partial charge on any atom is -0.206 e. The van der Waals surface area contributed by atoms with Crippen molar-refractivity contribution in [3.63, 3.8) is 0 Å². The van der Waals surface area contributed by atoms with E-state index in [9.17, 15) is 8.42 Å². The van der Waals surface area contributed by atoms with Crippen LogP contribution in [0.2, 0.25) is 0 Å². The second kappa shape index (κ2) is 5.53. The van der Waals surface area contributed by atoms with Crippen molar-refractivity contribution >= 4 is 21.4 Å². The van der Waals surface area contributed by atoms with Gasteiger partial charge in [0.2, 0.25) is 0 Å². The van der Waals surface area contributed by atoms with Gasteiger partial charge < -0.3 is 0 Å².